The molecule has 0 aliphatic heterocycles. The number of benzene rings is 2. The summed E-state index contributed by atoms with van der Waals surface area (Å²) in [6, 6.07) is 16.2. The maximum absolute atomic E-state index is 11.9. The van der Waals surface area contributed by atoms with Crippen LogP contribution in [0.25, 0.3) is 0 Å². The van der Waals surface area contributed by atoms with Gasteiger partial charge in [-0.3, -0.25) is 4.79 Å². The van der Waals surface area contributed by atoms with Gasteiger partial charge in [0.15, 0.2) is 0 Å². The van der Waals surface area contributed by atoms with Crippen LogP contribution in [0, 0.1) is 0 Å². The summed E-state index contributed by atoms with van der Waals surface area (Å²) in [5.74, 6) is -0.540. The van der Waals surface area contributed by atoms with E-state index in [4.69, 9.17) is 0 Å². The Labute approximate surface area is 111 Å². The van der Waals surface area contributed by atoms with Gasteiger partial charge < -0.3 is 5.11 Å². The molecule has 0 fully saturated rings. The van der Waals surface area contributed by atoms with Gasteiger partial charge in [-0.1, -0.05) is 48.5 Å². The smallest absolute Gasteiger partial charge is 0.315 e. The first kappa shape index (κ1) is 10.8. The molecule has 0 saturated heterocycles. The number of carboxylic acids is 1. The molecule has 19 heavy (non-hydrogen) atoms. The quantitative estimate of drug-likeness (QED) is 0.889. The van der Waals surface area contributed by atoms with Crippen molar-refractivity contribution in [1.82, 2.24) is 0 Å². The lowest BCUT2D eigenvalue weighted by Crippen LogP contribution is -2.53. The van der Waals surface area contributed by atoms with Crippen molar-refractivity contribution in [3.05, 3.63) is 70.8 Å². The van der Waals surface area contributed by atoms with Gasteiger partial charge in [0.2, 0.25) is 0 Å². The number of carbonyl (C=O) groups is 1. The van der Waals surface area contributed by atoms with Gasteiger partial charge in [-0.2, -0.15) is 0 Å². The van der Waals surface area contributed by atoms with Crippen LogP contribution in [0.1, 0.15) is 28.2 Å². The first-order chi connectivity index (χ1) is 9.23. The molecule has 2 nitrogen and oxygen atoms in total. The molecule has 0 bridgehead atoms. The molecule has 0 aromatic heterocycles. The summed E-state index contributed by atoms with van der Waals surface area (Å²) in [7, 11) is 0. The van der Waals surface area contributed by atoms with Crippen molar-refractivity contribution in [2.24, 2.45) is 0 Å². The van der Waals surface area contributed by atoms with E-state index < -0.39 is 11.4 Å². The molecule has 4 rings (SSSR count). The SMILES string of the molecule is O=C(O)C1(C2Cc3ccccc32)Cc2ccccc21. The summed E-state index contributed by atoms with van der Waals surface area (Å²) in [5, 5.41) is 9.79. The van der Waals surface area contributed by atoms with Crippen LogP contribution in [-0.4, -0.2) is 11.1 Å². The lowest BCUT2D eigenvalue weighted by atomic mass is 9.51. The van der Waals surface area contributed by atoms with Crippen LogP contribution in [0.3, 0.4) is 0 Å². The Morgan fingerprint density at radius 2 is 1.74 bits per heavy atom. The highest BCUT2D eigenvalue weighted by atomic mass is 16.4. The second-order valence-corrected chi connectivity index (χ2v) is 5.57. The molecule has 2 aromatic rings. The van der Waals surface area contributed by atoms with Crippen LogP contribution >= 0.6 is 0 Å². The Kier molecular flexibility index (Phi) is 1.97. The fraction of sp³-hybridized carbons (Fsp3) is 0.235. The third kappa shape index (κ3) is 1.19. The van der Waals surface area contributed by atoms with E-state index in [0.29, 0.717) is 6.42 Å². The monoisotopic (exact) mass is 250 g/mol. The predicted molar refractivity (Wildman–Crippen MR) is 72.3 cm³/mol. The van der Waals surface area contributed by atoms with Gasteiger partial charge in [-0.05, 0) is 35.1 Å². The van der Waals surface area contributed by atoms with Crippen LogP contribution < -0.4 is 0 Å². The largest absolute Gasteiger partial charge is 0.481 e. The van der Waals surface area contributed by atoms with E-state index in [-0.39, 0.29) is 5.92 Å². The summed E-state index contributed by atoms with van der Waals surface area (Å²) < 4.78 is 0. The van der Waals surface area contributed by atoms with Crippen LogP contribution in [0.5, 0.6) is 0 Å². The molecular weight excluding hydrogens is 236 g/mol. The van der Waals surface area contributed by atoms with E-state index >= 15 is 0 Å². The van der Waals surface area contributed by atoms with Crippen molar-refractivity contribution in [3.63, 3.8) is 0 Å². The lowest BCUT2D eigenvalue weighted by molar-refractivity contribution is -0.146. The molecule has 0 spiro atoms. The van der Waals surface area contributed by atoms with Crippen molar-refractivity contribution in [2.45, 2.75) is 24.2 Å². The molecule has 2 aliphatic rings. The van der Waals surface area contributed by atoms with Gasteiger partial charge in [0.05, 0.1) is 0 Å². The van der Waals surface area contributed by atoms with E-state index in [1.54, 1.807) is 0 Å². The van der Waals surface area contributed by atoms with Crippen LogP contribution in [0.2, 0.25) is 0 Å². The molecule has 94 valence electrons. The number of fused-ring (bicyclic) bond motifs is 2. The Balaban J connectivity index is 1.84. The van der Waals surface area contributed by atoms with Gasteiger partial charge >= 0.3 is 5.97 Å². The molecule has 2 unspecified atom stereocenters. The molecular formula is C17H14O2. The third-order valence-electron chi connectivity index (χ3n) is 4.80. The Bertz CT molecular complexity index is 689. The number of hydrogen-bond donors (Lipinski definition) is 1. The molecule has 2 aliphatic carbocycles. The Hall–Kier alpha value is -2.09. The van der Waals surface area contributed by atoms with Gasteiger partial charge in [-0.15, -0.1) is 0 Å². The van der Waals surface area contributed by atoms with E-state index in [2.05, 4.69) is 12.1 Å². The molecule has 1 N–H and O–H groups in total. The summed E-state index contributed by atoms with van der Waals surface area (Å²) in [4.78, 5) is 11.9. The summed E-state index contributed by atoms with van der Waals surface area (Å²) in [6.07, 6.45) is 1.55. The molecule has 0 heterocycles. The molecule has 0 amide bonds. The first-order valence-electron chi connectivity index (χ1n) is 6.63. The van der Waals surface area contributed by atoms with Crippen molar-refractivity contribution < 1.29 is 9.90 Å². The van der Waals surface area contributed by atoms with E-state index in [9.17, 15) is 9.90 Å². The lowest BCUT2D eigenvalue weighted by Gasteiger charge is -2.50. The zero-order valence-corrected chi connectivity index (χ0v) is 10.5. The van der Waals surface area contributed by atoms with Gasteiger partial charge in [0.1, 0.15) is 5.41 Å². The van der Waals surface area contributed by atoms with Gasteiger partial charge in [0, 0.05) is 5.92 Å². The molecule has 0 radical (unpaired) electrons. The number of rotatable bonds is 2. The molecule has 0 saturated carbocycles. The van der Waals surface area contributed by atoms with E-state index in [1.165, 1.54) is 16.7 Å². The predicted octanol–water partition coefficient (Wildman–Crippen LogP) is 2.91. The van der Waals surface area contributed by atoms with Crippen LogP contribution in [0.4, 0.5) is 0 Å². The van der Waals surface area contributed by atoms with E-state index in [0.717, 1.165) is 12.0 Å². The highest BCUT2D eigenvalue weighted by Crippen LogP contribution is 2.56. The van der Waals surface area contributed by atoms with Gasteiger partial charge in [0.25, 0.3) is 0 Å². The summed E-state index contributed by atoms with van der Waals surface area (Å²) >= 11 is 0. The first-order valence-corrected chi connectivity index (χ1v) is 6.63. The second-order valence-electron chi connectivity index (χ2n) is 5.57. The number of hydrogen-bond acceptors (Lipinski definition) is 1. The number of aliphatic carboxylic acids is 1. The summed E-state index contributed by atoms with van der Waals surface area (Å²) in [5.41, 5.74) is 4.04. The normalized spacial score (nSPS) is 26.6. The highest BCUT2D eigenvalue weighted by Gasteiger charge is 2.57. The Morgan fingerprint density at radius 3 is 2.42 bits per heavy atom. The Morgan fingerprint density at radius 1 is 1.05 bits per heavy atom. The van der Waals surface area contributed by atoms with Gasteiger partial charge in [-0.25, -0.2) is 0 Å². The molecule has 2 aromatic carbocycles. The minimum atomic E-state index is -0.690. The van der Waals surface area contributed by atoms with Crippen molar-refractivity contribution in [1.29, 1.82) is 0 Å². The average molecular weight is 250 g/mol. The second kappa shape index (κ2) is 3.47. The third-order valence-corrected chi connectivity index (χ3v) is 4.80. The maximum atomic E-state index is 11.9. The maximum Gasteiger partial charge on any atom is 0.315 e. The zero-order valence-electron chi connectivity index (χ0n) is 10.5. The van der Waals surface area contributed by atoms with Crippen LogP contribution in [-0.2, 0) is 23.1 Å². The topological polar surface area (TPSA) is 37.3 Å². The van der Waals surface area contributed by atoms with Crippen molar-refractivity contribution >= 4 is 5.97 Å². The molecule has 2 heteroatoms. The fourth-order valence-corrected chi connectivity index (χ4v) is 3.75. The minimum Gasteiger partial charge on any atom is -0.481 e. The average Bonchev–Trinajstić information content (AvgIpc) is 2.36. The van der Waals surface area contributed by atoms with Crippen LogP contribution in [0.15, 0.2) is 48.5 Å². The summed E-state index contributed by atoms with van der Waals surface area (Å²) in [6.45, 7) is 0. The zero-order chi connectivity index (χ0) is 13.0. The van der Waals surface area contributed by atoms with Crippen molar-refractivity contribution in [3.8, 4) is 0 Å². The minimum absolute atomic E-state index is 0.135. The fourth-order valence-electron chi connectivity index (χ4n) is 3.75. The molecule has 2 atom stereocenters. The van der Waals surface area contributed by atoms with Crippen molar-refractivity contribution in [2.75, 3.05) is 0 Å². The standard InChI is InChI=1S/C17H14O2/c18-16(19)17(10-12-6-2-4-8-14(12)17)15-9-11-5-1-3-7-13(11)15/h1-8,15H,9-10H2,(H,18,19). The van der Waals surface area contributed by atoms with E-state index in [1.807, 2.05) is 36.4 Å². The number of carboxylic acid groups (broad SMARTS) is 1. The highest BCUT2D eigenvalue weighted by molar-refractivity contribution is 5.88.